The summed E-state index contributed by atoms with van der Waals surface area (Å²) in [5, 5.41) is 11.6. The maximum atomic E-state index is 13.3. The van der Waals surface area contributed by atoms with Gasteiger partial charge >= 0.3 is 13.3 Å². The molecule has 1 unspecified atom stereocenters. The second-order valence-corrected chi connectivity index (χ2v) is 6.63. The quantitative estimate of drug-likeness (QED) is 0.432. The van der Waals surface area contributed by atoms with E-state index < -0.39 is 12.5 Å². The molecule has 2 rings (SSSR count). The van der Waals surface area contributed by atoms with E-state index in [4.69, 9.17) is 9.05 Å². The Kier molecular flexibility index (Phi) is 5.53. The van der Waals surface area contributed by atoms with E-state index in [1.165, 1.54) is 18.2 Å². The third-order valence-corrected chi connectivity index (χ3v) is 5.31. The predicted octanol–water partition coefficient (Wildman–Crippen LogP) is 4.09. The van der Waals surface area contributed by atoms with Gasteiger partial charge in [0.05, 0.1) is 16.8 Å². The van der Waals surface area contributed by atoms with Crippen LogP contribution in [-0.4, -0.2) is 11.5 Å². The molecule has 1 atom stereocenters. The van der Waals surface area contributed by atoms with Crippen LogP contribution in [0.15, 0.2) is 48.5 Å². The molecule has 6 nitrogen and oxygen atoms in total. The van der Waals surface area contributed by atoms with Crippen molar-refractivity contribution in [2.24, 2.45) is 0 Å². The maximum absolute atomic E-state index is 13.3. The Morgan fingerprint density at radius 3 is 2.39 bits per heavy atom. The Labute approximate surface area is 134 Å². The molecule has 0 amide bonds. The van der Waals surface area contributed by atoms with Crippen LogP contribution in [0, 0.1) is 10.1 Å². The third-order valence-electron chi connectivity index (χ3n) is 3.25. The first-order valence-electron chi connectivity index (χ1n) is 7.28. The highest BCUT2D eigenvalue weighted by molar-refractivity contribution is 7.62. The molecular weight excluding hydrogens is 317 g/mol. The predicted molar refractivity (Wildman–Crippen MR) is 88.4 cm³/mol. The smallest absolute Gasteiger partial charge is 0.411 e. The molecule has 0 fully saturated rings. The monoisotopic (exact) mass is 335 g/mol. The third kappa shape index (κ3) is 3.78. The average Bonchev–Trinajstić information content (AvgIpc) is 2.55. The van der Waals surface area contributed by atoms with Crippen LogP contribution in [0.3, 0.4) is 0 Å². The van der Waals surface area contributed by atoms with Crippen molar-refractivity contribution >= 4 is 18.6 Å². The molecule has 0 N–H and O–H groups in total. The van der Waals surface area contributed by atoms with E-state index in [1.54, 1.807) is 25.1 Å². The van der Waals surface area contributed by atoms with E-state index in [-0.39, 0.29) is 18.0 Å². The number of aryl methyl sites for hydroxylation is 1. The topological polar surface area (TPSA) is 78.7 Å². The summed E-state index contributed by atoms with van der Waals surface area (Å²) in [6.07, 6.45) is 0.646. The zero-order valence-corrected chi connectivity index (χ0v) is 13.9. The lowest BCUT2D eigenvalue weighted by molar-refractivity contribution is -0.385. The minimum Gasteiger partial charge on any atom is -0.414 e. The van der Waals surface area contributed by atoms with Crippen molar-refractivity contribution in [3.63, 3.8) is 0 Å². The number of nitro groups is 1. The number of para-hydroxylation sites is 2. The number of nitrogens with zero attached hydrogens (tertiary/aromatic N) is 1. The molecule has 122 valence electrons. The van der Waals surface area contributed by atoms with Crippen molar-refractivity contribution in [2.45, 2.75) is 20.3 Å². The Bertz CT molecular complexity index is 747. The molecule has 2 aromatic carbocycles. The second kappa shape index (κ2) is 7.40. The second-order valence-electron chi connectivity index (χ2n) is 4.71. The molecule has 0 radical (unpaired) electrons. The Hall–Kier alpha value is -2.17. The standard InChI is InChI=1S/C16H18NO5P/c1-3-13-9-5-8-12-16(13)23(20,21-4-2)22-15-11-7-6-10-14(15)17(18)19/h5-12H,3-4H2,1-2H3. The minimum atomic E-state index is -3.72. The summed E-state index contributed by atoms with van der Waals surface area (Å²) in [6.45, 7) is 3.79. The lowest BCUT2D eigenvalue weighted by Crippen LogP contribution is -2.17. The number of hydrogen-bond acceptors (Lipinski definition) is 5. The number of nitro benzene ring substituents is 1. The van der Waals surface area contributed by atoms with Gasteiger partial charge in [-0.05, 0) is 31.0 Å². The molecule has 0 saturated heterocycles. The summed E-state index contributed by atoms with van der Waals surface area (Å²) < 4.78 is 24.2. The van der Waals surface area contributed by atoms with E-state index in [0.29, 0.717) is 11.7 Å². The summed E-state index contributed by atoms with van der Waals surface area (Å²) in [6, 6.07) is 12.9. The van der Waals surface area contributed by atoms with Crippen molar-refractivity contribution in [3.8, 4) is 5.75 Å². The van der Waals surface area contributed by atoms with Gasteiger partial charge in [-0.1, -0.05) is 37.3 Å². The van der Waals surface area contributed by atoms with Gasteiger partial charge in [-0.3, -0.25) is 14.6 Å². The summed E-state index contributed by atoms with van der Waals surface area (Å²) in [4.78, 5) is 10.5. The van der Waals surface area contributed by atoms with Gasteiger partial charge in [0.1, 0.15) is 0 Å². The highest BCUT2D eigenvalue weighted by Crippen LogP contribution is 2.50. The van der Waals surface area contributed by atoms with E-state index >= 15 is 0 Å². The molecule has 0 heterocycles. The van der Waals surface area contributed by atoms with Gasteiger partial charge in [0.2, 0.25) is 5.75 Å². The Morgan fingerprint density at radius 2 is 1.74 bits per heavy atom. The van der Waals surface area contributed by atoms with Crippen LogP contribution in [0.4, 0.5) is 5.69 Å². The normalized spacial score (nSPS) is 13.3. The Balaban J connectivity index is 2.51. The van der Waals surface area contributed by atoms with E-state index in [1.807, 2.05) is 19.1 Å². The van der Waals surface area contributed by atoms with Gasteiger partial charge in [-0.25, -0.2) is 4.57 Å². The van der Waals surface area contributed by atoms with Crippen LogP contribution in [0.25, 0.3) is 0 Å². The fraction of sp³-hybridized carbons (Fsp3) is 0.250. The van der Waals surface area contributed by atoms with Gasteiger partial charge < -0.3 is 4.52 Å². The average molecular weight is 335 g/mol. The van der Waals surface area contributed by atoms with Gasteiger partial charge in [0, 0.05) is 6.07 Å². The summed E-state index contributed by atoms with van der Waals surface area (Å²) in [5.41, 5.74) is 0.573. The van der Waals surface area contributed by atoms with E-state index in [0.717, 1.165) is 5.56 Å². The van der Waals surface area contributed by atoms with Crippen molar-refractivity contribution in [2.75, 3.05) is 6.61 Å². The number of benzene rings is 2. The molecule has 0 spiro atoms. The largest absolute Gasteiger partial charge is 0.414 e. The minimum absolute atomic E-state index is 0.0693. The fourth-order valence-electron chi connectivity index (χ4n) is 2.21. The van der Waals surface area contributed by atoms with E-state index in [2.05, 4.69) is 0 Å². The maximum Gasteiger partial charge on any atom is 0.411 e. The first-order chi connectivity index (χ1) is 11.0. The van der Waals surface area contributed by atoms with Crippen molar-refractivity contribution in [3.05, 3.63) is 64.2 Å². The molecule has 0 aromatic heterocycles. The number of hydrogen-bond donors (Lipinski definition) is 0. The SMILES string of the molecule is CCOP(=O)(Oc1ccccc1[N+](=O)[O-])c1ccccc1CC. The lowest BCUT2D eigenvalue weighted by atomic mass is 10.2. The van der Waals surface area contributed by atoms with Gasteiger partial charge in [-0.2, -0.15) is 0 Å². The Morgan fingerprint density at radius 1 is 1.09 bits per heavy atom. The van der Waals surface area contributed by atoms with Crippen LogP contribution >= 0.6 is 7.60 Å². The molecule has 0 aliphatic carbocycles. The van der Waals surface area contributed by atoms with Crippen molar-refractivity contribution in [1.82, 2.24) is 0 Å². The molecule has 23 heavy (non-hydrogen) atoms. The highest BCUT2D eigenvalue weighted by Gasteiger charge is 2.33. The summed E-state index contributed by atoms with van der Waals surface area (Å²) >= 11 is 0. The number of rotatable bonds is 7. The first-order valence-corrected chi connectivity index (χ1v) is 8.82. The van der Waals surface area contributed by atoms with Crippen LogP contribution in [0.5, 0.6) is 5.75 Å². The molecule has 0 aliphatic rings. The van der Waals surface area contributed by atoms with Gasteiger partial charge in [-0.15, -0.1) is 0 Å². The molecule has 2 aromatic rings. The molecule has 0 aliphatic heterocycles. The molecule has 7 heteroatoms. The van der Waals surface area contributed by atoms with Gasteiger partial charge in [0.25, 0.3) is 0 Å². The molecule has 0 saturated carbocycles. The fourth-order valence-corrected chi connectivity index (χ4v) is 4.10. The molecule has 0 bridgehead atoms. The zero-order valence-electron chi connectivity index (χ0n) is 13.0. The van der Waals surface area contributed by atoms with Crippen LogP contribution in [0.2, 0.25) is 0 Å². The molecular formula is C16H18NO5P. The van der Waals surface area contributed by atoms with Crippen LogP contribution < -0.4 is 9.83 Å². The van der Waals surface area contributed by atoms with Crippen LogP contribution in [0.1, 0.15) is 19.4 Å². The summed E-state index contributed by atoms with van der Waals surface area (Å²) in [7, 11) is -3.72. The lowest BCUT2D eigenvalue weighted by Gasteiger charge is -2.20. The first kappa shape index (κ1) is 17.2. The van der Waals surface area contributed by atoms with Crippen molar-refractivity contribution in [1.29, 1.82) is 0 Å². The zero-order chi connectivity index (χ0) is 16.9. The van der Waals surface area contributed by atoms with Gasteiger partial charge in [0.15, 0.2) is 0 Å². The highest BCUT2D eigenvalue weighted by atomic mass is 31.2. The van der Waals surface area contributed by atoms with E-state index in [9.17, 15) is 14.7 Å². The summed E-state index contributed by atoms with van der Waals surface area (Å²) in [5.74, 6) is -0.0693. The van der Waals surface area contributed by atoms with Crippen LogP contribution in [-0.2, 0) is 15.5 Å². The van der Waals surface area contributed by atoms with Crippen molar-refractivity contribution < 1.29 is 18.5 Å².